The number of nitrogens with zero attached hydrogens (tertiary/aromatic N) is 2. The van der Waals surface area contributed by atoms with Gasteiger partial charge in [-0.1, -0.05) is 56.8 Å². The van der Waals surface area contributed by atoms with E-state index < -0.39 is 0 Å². The van der Waals surface area contributed by atoms with Gasteiger partial charge >= 0.3 is 0 Å². The lowest BCUT2D eigenvalue weighted by Gasteiger charge is -2.34. The third-order valence-electron chi connectivity index (χ3n) is 4.47. The zero-order chi connectivity index (χ0) is 17.7. The van der Waals surface area contributed by atoms with Gasteiger partial charge in [-0.25, -0.2) is 0 Å². The van der Waals surface area contributed by atoms with Crippen LogP contribution in [0.25, 0.3) is 0 Å². The van der Waals surface area contributed by atoms with Crippen LogP contribution < -0.4 is 5.30 Å². The number of rotatable bonds is 7. The van der Waals surface area contributed by atoms with E-state index in [4.69, 9.17) is 12.6 Å². The summed E-state index contributed by atoms with van der Waals surface area (Å²) in [6.45, 7) is 4.41. The van der Waals surface area contributed by atoms with Gasteiger partial charge in [0.15, 0.2) is 0 Å². The summed E-state index contributed by atoms with van der Waals surface area (Å²) in [6, 6.07) is 9.13. The highest BCUT2D eigenvalue weighted by Gasteiger charge is 2.28. The second kappa shape index (κ2) is 9.20. The molecule has 0 amide bonds. The van der Waals surface area contributed by atoms with Gasteiger partial charge in [-0.3, -0.25) is 0 Å². The highest BCUT2D eigenvalue weighted by molar-refractivity contribution is 7.91. The van der Waals surface area contributed by atoms with E-state index >= 15 is 0 Å². The fraction of sp³-hybridized carbons (Fsp3) is 0.500. The minimum atomic E-state index is -0.304. The van der Waals surface area contributed by atoms with Gasteiger partial charge in [-0.05, 0) is 51.0 Å². The smallest absolute Gasteiger partial charge is 0.0227 e. The van der Waals surface area contributed by atoms with E-state index in [1.807, 2.05) is 0 Å². The molecule has 1 aliphatic rings. The molecule has 0 aliphatic heterocycles. The van der Waals surface area contributed by atoms with Gasteiger partial charge in [0.05, 0.1) is 0 Å². The average molecular weight is 363 g/mol. The van der Waals surface area contributed by atoms with Gasteiger partial charge in [-0.15, -0.1) is 0 Å². The van der Waals surface area contributed by atoms with Gasteiger partial charge in [0.1, 0.15) is 0 Å². The fourth-order valence-corrected chi connectivity index (χ4v) is 6.71. The molecule has 2 rings (SSSR count). The molecule has 3 unspecified atom stereocenters. The Morgan fingerprint density at radius 2 is 1.79 bits per heavy atom. The normalized spacial score (nSPS) is 22.1. The lowest BCUT2D eigenvalue weighted by atomic mass is 9.92. The first kappa shape index (κ1) is 19.7. The van der Waals surface area contributed by atoms with Crippen LogP contribution >= 0.6 is 20.6 Å². The summed E-state index contributed by atoms with van der Waals surface area (Å²) in [7, 11) is 8.23. The molecule has 0 fully saturated rings. The molecular formula is C20H31N2PS. The van der Waals surface area contributed by atoms with Crippen LogP contribution in [0.1, 0.15) is 12.5 Å². The van der Waals surface area contributed by atoms with Crippen molar-refractivity contribution in [3.8, 4) is 0 Å². The number of hydrogen-bond donors (Lipinski definition) is 1. The maximum atomic E-state index is 4.74. The Bertz CT molecular complexity index is 595. The maximum Gasteiger partial charge on any atom is 0.0227 e. The lowest BCUT2D eigenvalue weighted by Crippen LogP contribution is -2.28. The summed E-state index contributed by atoms with van der Waals surface area (Å²) in [4.78, 5) is 4.49. The number of benzene rings is 1. The summed E-state index contributed by atoms with van der Waals surface area (Å²) < 4.78 is 0. The van der Waals surface area contributed by atoms with E-state index in [2.05, 4.69) is 87.4 Å². The molecule has 4 heteroatoms. The second-order valence-electron chi connectivity index (χ2n) is 7.16. The van der Waals surface area contributed by atoms with Crippen molar-refractivity contribution in [2.75, 3.05) is 40.2 Å². The molecule has 0 saturated heterocycles. The average Bonchev–Trinajstić information content (AvgIpc) is 2.51. The summed E-state index contributed by atoms with van der Waals surface area (Å²) in [5.74, 6) is 0.577. The topological polar surface area (TPSA) is 6.48 Å². The Kier molecular flexibility index (Phi) is 7.56. The van der Waals surface area contributed by atoms with Crippen molar-refractivity contribution in [2.24, 2.45) is 5.92 Å². The Morgan fingerprint density at radius 3 is 2.42 bits per heavy atom. The van der Waals surface area contributed by atoms with E-state index in [9.17, 15) is 0 Å². The molecule has 24 heavy (non-hydrogen) atoms. The number of allylic oxidation sites excluding steroid dienone is 3. The van der Waals surface area contributed by atoms with Gasteiger partial charge in [0, 0.05) is 24.2 Å². The third kappa shape index (κ3) is 5.20. The minimum absolute atomic E-state index is 0.304. The van der Waals surface area contributed by atoms with Crippen LogP contribution in [0.2, 0.25) is 0 Å². The first-order valence-electron chi connectivity index (χ1n) is 8.55. The van der Waals surface area contributed by atoms with E-state index in [1.54, 1.807) is 0 Å². The van der Waals surface area contributed by atoms with Crippen molar-refractivity contribution in [1.29, 1.82) is 0 Å². The Labute approximate surface area is 154 Å². The van der Waals surface area contributed by atoms with Crippen LogP contribution in [0.3, 0.4) is 0 Å². The standard InChI is InChI=1S/C20H31N2PS/c1-16-18(14-22(4)5)9-7-11-20(16)23(15-24)19-10-6-8-17(12-19)13-21(2)3/h6-12,16,20,24H,13-15H2,1-5H3. The number of likely N-dealkylation sites (N-methyl/N-ethyl adjacent to an activating group) is 1. The van der Waals surface area contributed by atoms with Gasteiger partial charge in [0.2, 0.25) is 0 Å². The zero-order valence-electron chi connectivity index (χ0n) is 15.6. The van der Waals surface area contributed by atoms with Crippen molar-refractivity contribution in [3.05, 3.63) is 53.6 Å². The molecule has 0 heterocycles. The molecule has 0 bridgehead atoms. The van der Waals surface area contributed by atoms with E-state index in [0.717, 1.165) is 18.6 Å². The van der Waals surface area contributed by atoms with Crippen LogP contribution in [0.4, 0.5) is 0 Å². The number of thiol groups is 1. The van der Waals surface area contributed by atoms with E-state index in [1.165, 1.54) is 16.4 Å². The van der Waals surface area contributed by atoms with E-state index in [-0.39, 0.29) is 7.92 Å². The van der Waals surface area contributed by atoms with Gasteiger partial charge in [0.25, 0.3) is 0 Å². The first-order chi connectivity index (χ1) is 11.4. The quantitative estimate of drug-likeness (QED) is 0.582. The third-order valence-corrected chi connectivity index (χ3v) is 7.97. The van der Waals surface area contributed by atoms with E-state index in [0.29, 0.717) is 11.6 Å². The van der Waals surface area contributed by atoms with Crippen LogP contribution in [0.15, 0.2) is 48.1 Å². The molecule has 0 aromatic heterocycles. The maximum absolute atomic E-state index is 4.74. The Morgan fingerprint density at radius 1 is 1.08 bits per heavy atom. The van der Waals surface area contributed by atoms with Gasteiger partial charge < -0.3 is 9.80 Å². The summed E-state index contributed by atoms with van der Waals surface area (Å²) >= 11 is 4.74. The highest BCUT2D eigenvalue weighted by Crippen LogP contribution is 2.48. The summed E-state index contributed by atoms with van der Waals surface area (Å²) in [6.07, 6.45) is 6.96. The van der Waals surface area contributed by atoms with Crippen molar-refractivity contribution in [3.63, 3.8) is 0 Å². The Hall–Kier alpha value is -0.600. The molecule has 0 radical (unpaired) electrons. The molecule has 2 nitrogen and oxygen atoms in total. The highest BCUT2D eigenvalue weighted by atomic mass is 32.1. The second-order valence-corrected chi connectivity index (χ2v) is 10.3. The predicted molar refractivity (Wildman–Crippen MR) is 113 cm³/mol. The van der Waals surface area contributed by atoms with Crippen molar-refractivity contribution in [2.45, 2.75) is 19.1 Å². The summed E-state index contributed by atoms with van der Waals surface area (Å²) in [5.41, 5.74) is 4.44. The lowest BCUT2D eigenvalue weighted by molar-refractivity contribution is 0.402. The minimum Gasteiger partial charge on any atom is -0.305 e. The number of hydrogen-bond acceptors (Lipinski definition) is 3. The molecule has 3 atom stereocenters. The molecule has 0 saturated carbocycles. The van der Waals surface area contributed by atoms with Crippen LogP contribution in [0.5, 0.6) is 0 Å². The molecular weight excluding hydrogens is 331 g/mol. The van der Waals surface area contributed by atoms with Crippen molar-refractivity contribution < 1.29 is 0 Å². The largest absolute Gasteiger partial charge is 0.305 e. The van der Waals surface area contributed by atoms with Crippen LogP contribution in [-0.4, -0.2) is 55.7 Å². The van der Waals surface area contributed by atoms with Crippen molar-refractivity contribution >= 4 is 25.9 Å². The van der Waals surface area contributed by atoms with Gasteiger partial charge in [-0.2, -0.15) is 12.6 Å². The first-order valence-corrected chi connectivity index (χ1v) is 10.8. The molecule has 1 aromatic rings. The zero-order valence-corrected chi connectivity index (χ0v) is 17.4. The SMILES string of the molecule is CC1C(CN(C)C)=CC=CC1P(CS)c1cccc(CN(C)C)c1. The summed E-state index contributed by atoms with van der Waals surface area (Å²) in [5, 5.41) is 1.48. The molecule has 1 aromatic carbocycles. The molecule has 0 spiro atoms. The van der Waals surface area contributed by atoms with Crippen LogP contribution in [0, 0.1) is 5.92 Å². The fourth-order valence-electron chi connectivity index (χ4n) is 3.31. The predicted octanol–water partition coefficient (Wildman–Crippen LogP) is 3.81. The molecule has 132 valence electrons. The monoisotopic (exact) mass is 362 g/mol. The molecule has 0 N–H and O–H groups in total. The van der Waals surface area contributed by atoms with Crippen molar-refractivity contribution in [1.82, 2.24) is 9.80 Å². The Balaban J connectivity index is 2.22. The molecule has 1 aliphatic carbocycles. The van der Waals surface area contributed by atoms with Crippen LogP contribution in [-0.2, 0) is 6.54 Å².